The van der Waals surface area contributed by atoms with Gasteiger partial charge in [0.15, 0.2) is 0 Å². The number of likely N-dealkylation sites (N-methyl/N-ethyl adjacent to an activating group) is 3. The van der Waals surface area contributed by atoms with Crippen molar-refractivity contribution in [3.8, 4) is 0 Å². The van der Waals surface area contributed by atoms with Gasteiger partial charge in [0.2, 0.25) is 0 Å². The molecule has 2 atom stereocenters. The Balaban J connectivity index is 2.52. The summed E-state index contributed by atoms with van der Waals surface area (Å²) in [6, 6.07) is 1.30. The lowest BCUT2D eigenvalue weighted by Crippen LogP contribution is -2.53. The normalized spacial score (nSPS) is 24.5. The number of likely N-dealkylation sites (tertiary alicyclic amines) is 1. The minimum Gasteiger partial charge on any atom is -0.312 e. The highest BCUT2D eigenvalue weighted by molar-refractivity contribution is 4.86. The zero-order valence-electron chi connectivity index (χ0n) is 13.3. The Labute approximate surface area is 114 Å². The molecule has 0 radical (unpaired) electrons. The van der Waals surface area contributed by atoms with E-state index in [0.29, 0.717) is 11.5 Å². The van der Waals surface area contributed by atoms with Crippen molar-refractivity contribution in [1.82, 2.24) is 15.1 Å². The predicted octanol–water partition coefficient (Wildman–Crippen LogP) is 2.04. The quantitative estimate of drug-likeness (QED) is 0.811. The van der Waals surface area contributed by atoms with E-state index in [0.717, 1.165) is 19.1 Å². The van der Waals surface area contributed by atoms with E-state index < -0.39 is 0 Å². The van der Waals surface area contributed by atoms with Crippen molar-refractivity contribution in [3.63, 3.8) is 0 Å². The van der Waals surface area contributed by atoms with Crippen LogP contribution in [0.15, 0.2) is 0 Å². The third-order valence-corrected chi connectivity index (χ3v) is 4.19. The maximum absolute atomic E-state index is 3.65. The predicted molar refractivity (Wildman–Crippen MR) is 80.1 cm³/mol. The van der Waals surface area contributed by atoms with Crippen LogP contribution in [-0.2, 0) is 0 Å². The molecule has 3 nitrogen and oxygen atoms in total. The summed E-state index contributed by atoms with van der Waals surface area (Å²) < 4.78 is 0. The molecule has 2 unspecified atom stereocenters. The average molecular weight is 255 g/mol. The van der Waals surface area contributed by atoms with Crippen LogP contribution < -0.4 is 5.32 Å². The second-order valence-electron chi connectivity index (χ2n) is 6.97. The van der Waals surface area contributed by atoms with Crippen molar-refractivity contribution in [2.75, 3.05) is 40.3 Å². The highest BCUT2D eigenvalue weighted by atomic mass is 15.2. The van der Waals surface area contributed by atoms with Crippen molar-refractivity contribution >= 4 is 0 Å². The summed E-state index contributed by atoms with van der Waals surface area (Å²) >= 11 is 0. The lowest BCUT2D eigenvalue weighted by Gasteiger charge is -2.40. The van der Waals surface area contributed by atoms with Crippen LogP contribution in [0.3, 0.4) is 0 Å². The van der Waals surface area contributed by atoms with Crippen molar-refractivity contribution < 1.29 is 0 Å². The van der Waals surface area contributed by atoms with Crippen LogP contribution >= 0.6 is 0 Å². The highest BCUT2D eigenvalue weighted by Crippen LogP contribution is 2.22. The molecule has 3 heteroatoms. The molecule has 0 aromatic carbocycles. The van der Waals surface area contributed by atoms with Crippen molar-refractivity contribution in [2.24, 2.45) is 5.41 Å². The van der Waals surface area contributed by atoms with Crippen LogP contribution in [-0.4, -0.2) is 62.2 Å². The minimum absolute atomic E-state index is 0.324. The second-order valence-corrected chi connectivity index (χ2v) is 6.97. The summed E-state index contributed by atoms with van der Waals surface area (Å²) in [5.74, 6) is 0. The van der Waals surface area contributed by atoms with Gasteiger partial charge in [0.05, 0.1) is 0 Å². The summed E-state index contributed by atoms with van der Waals surface area (Å²) in [5, 5.41) is 3.65. The van der Waals surface area contributed by atoms with Gasteiger partial charge in [-0.1, -0.05) is 27.7 Å². The van der Waals surface area contributed by atoms with Crippen LogP contribution in [0.1, 0.15) is 40.5 Å². The maximum atomic E-state index is 3.65. The van der Waals surface area contributed by atoms with Crippen LogP contribution in [0.5, 0.6) is 0 Å². The van der Waals surface area contributed by atoms with E-state index in [2.05, 4.69) is 56.9 Å². The second kappa shape index (κ2) is 6.88. The number of nitrogens with one attached hydrogen (secondary N) is 1. The SMILES string of the molecule is CCNC(CN(C)C1CCCN(C)C1)C(C)(C)C. The number of piperidine rings is 1. The first-order valence-electron chi connectivity index (χ1n) is 7.46. The van der Waals surface area contributed by atoms with Gasteiger partial charge in [0.25, 0.3) is 0 Å². The Hall–Kier alpha value is -0.120. The van der Waals surface area contributed by atoms with Gasteiger partial charge >= 0.3 is 0 Å². The molecule has 108 valence electrons. The zero-order valence-corrected chi connectivity index (χ0v) is 13.3. The molecule has 0 aliphatic carbocycles. The Kier molecular flexibility index (Phi) is 6.09. The van der Waals surface area contributed by atoms with Gasteiger partial charge in [-0.25, -0.2) is 0 Å². The molecule has 0 bridgehead atoms. The van der Waals surface area contributed by atoms with Gasteiger partial charge < -0.3 is 15.1 Å². The molecule has 0 spiro atoms. The molecule has 0 saturated carbocycles. The Morgan fingerprint density at radius 3 is 2.56 bits per heavy atom. The molecule has 0 amide bonds. The molecule has 1 aliphatic heterocycles. The first-order valence-corrected chi connectivity index (χ1v) is 7.46. The maximum Gasteiger partial charge on any atom is 0.0243 e. The van der Waals surface area contributed by atoms with E-state index in [1.165, 1.54) is 25.9 Å². The molecule has 0 aromatic rings. The molecule has 1 rings (SSSR count). The summed E-state index contributed by atoms with van der Waals surface area (Å²) in [4.78, 5) is 5.03. The average Bonchev–Trinajstić information content (AvgIpc) is 2.27. The molecule has 1 N–H and O–H groups in total. The molecule has 1 aliphatic rings. The van der Waals surface area contributed by atoms with Crippen LogP contribution in [0.25, 0.3) is 0 Å². The first kappa shape index (κ1) is 15.9. The van der Waals surface area contributed by atoms with Gasteiger partial charge in [-0.05, 0) is 45.4 Å². The van der Waals surface area contributed by atoms with Crippen LogP contribution in [0, 0.1) is 5.41 Å². The molecule has 1 fully saturated rings. The number of hydrogen-bond donors (Lipinski definition) is 1. The first-order chi connectivity index (χ1) is 8.34. The van der Waals surface area contributed by atoms with Gasteiger partial charge in [-0.15, -0.1) is 0 Å². The molecule has 1 saturated heterocycles. The third-order valence-electron chi connectivity index (χ3n) is 4.19. The molecule has 1 heterocycles. The zero-order chi connectivity index (χ0) is 13.8. The standard InChI is InChI=1S/C15H33N3/c1-7-16-14(15(2,3)4)12-18(6)13-9-8-10-17(5)11-13/h13-14,16H,7-12H2,1-6H3. The fourth-order valence-corrected chi connectivity index (χ4v) is 2.83. The molecule has 0 aromatic heterocycles. The van der Waals surface area contributed by atoms with E-state index in [9.17, 15) is 0 Å². The monoisotopic (exact) mass is 255 g/mol. The van der Waals surface area contributed by atoms with Crippen molar-refractivity contribution in [3.05, 3.63) is 0 Å². The van der Waals surface area contributed by atoms with Crippen molar-refractivity contribution in [2.45, 2.75) is 52.6 Å². The summed E-state index contributed by atoms with van der Waals surface area (Å²) in [6.45, 7) is 13.9. The van der Waals surface area contributed by atoms with Crippen LogP contribution in [0.4, 0.5) is 0 Å². The van der Waals surface area contributed by atoms with E-state index in [1.54, 1.807) is 0 Å². The Morgan fingerprint density at radius 1 is 1.39 bits per heavy atom. The van der Waals surface area contributed by atoms with Gasteiger partial charge in [0, 0.05) is 25.2 Å². The fraction of sp³-hybridized carbons (Fsp3) is 1.00. The molecular weight excluding hydrogens is 222 g/mol. The van der Waals surface area contributed by atoms with Crippen LogP contribution in [0.2, 0.25) is 0 Å². The number of hydrogen-bond acceptors (Lipinski definition) is 3. The Morgan fingerprint density at radius 2 is 2.06 bits per heavy atom. The summed E-state index contributed by atoms with van der Waals surface area (Å²) in [7, 11) is 4.53. The summed E-state index contributed by atoms with van der Waals surface area (Å²) in [5.41, 5.74) is 0.324. The lowest BCUT2D eigenvalue weighted by molar-refractivity contribution is 0.105. The molecular formula is C15H33N3. The highest BCUT2D eigenvalue weighted by Gasteiger charge is 2.28. The topological polar surface area (TPSA) is 18.5 Å². The Bertz CT molecular complexity index is 234. The fourth-order valence-electron chi connectivity index (χ4n) is 2.83. The van der Waals surface area contributed by atoms with Gasteiger partial charge in [-0.2, -0.15) is 0 Å². The van der Waals surface area contributed by atoms with E-state index in [1.807, 2.05) is 0 Å². The molecule has 18 heavy (non-hydrogen) atoms. The number of rotatable bonds is 5. The van der Waals surface area contributed by atoms with Gasteiger partial charge in [0.1, 0.15) is 0 Å². The van der Waals surface area contributed by atoms with E-state index in [-0.39, 0.29) is 0 Å². The van der Waals surface area contributed by atoms with E-state index >= 15 is 0 Å². The summed E-state index contributed by atoms with van der Waals surface area (Å²) in [6.07, 6.45) is 2.69. The smallest absolute Gasteiger partial charge is 0.0243 e. The largest absolute Gasteiger partial charge is 0.312 e. The third kappa shape index (κ3) is 4.87. The minimum atomic E-state index is 0.324. The number of nitrogens with zero attached hydrogens (tertiary/aromatic N) is 2. The lowest BCUT2D eigenvalue weighted by atomic mass is 9.86. The van der Waals surface area contributed by atoms with E-state index in [4.69, 9.17) is 0 Å². The van der Waals surface area contributed by atoms with Gasteiger partial charge in [-0.3, -0.25) is 0 Å². The van der Waals surface area contributed by atoms with Crippen molar-refractivity contribution in [1.29, 1.82) is 0 Å².